The predicted octanol–water partition coefficient (Wildman–Crippen LogP) is 3.72. The predicted molar refractivity (Wildman–Crippen MR) is 157 cm³/mol. The summed E-state index contributed by atoms with van der Waals surface area (Å²) in [5, 5.41) is 6.64. The van der Waals surface area contributed by atoms with Crippen molar-refractivity contribution in [3.8, 4) is 11.5 Å². The fourth-order valence-electron chi connectivity index (χ4n) is 3.70. The number of nitrogens with one attached hydrogen (secondary N) is 2. The fraction of sp³-hybridized carbons (Fsp3) is 0.167. The van der Waals surface area contributed by atoms with E-state index in [-0.39, 0.29) is 24.0 Å². The van der Waals surface area contributed by atoms with Crippen LogP contribution in [0.3, 0.4) is 0 Å². The second-order valence-electron chi connectivity index (χ2n) is 8.76. The van der Waals surface area contributed by atoms with Gasteiger partial charge in [0.1, 0.15) is 23.8 Å². The highest BCUT2D eigenvalue weighted by atomic mass is 32.2. The molecule has 0 aliphatic heterocycles. The minimum atomic E-state index is -4.07. The Kier molecular flexibility index (Phi) is 10.3. The second kappa shape index (κ2) is 14.5. The summed E-state index contributed by atoms with van der Waals surface area (Å²) in [5.74, 6) is 0.725. The maximum Gasteiger partial charge on any atom is 0.264 e. The molecule has 0 saturated heterocycles. The molecule has 11 nitrogen and oxygen atoms in total. The van der Waals surface area contributed by atoms with Gasteiger partial charge in [-0.1, -0.05) is 18.2 Å². The summed E-state index contributed by atoms with van der Waals surface area (Å²) in [6.45, 7) is 1.90. The van der Waals surface area contributed by atoms with Gasteiger partial charge < -0.3 is 19.2 Å². The zero-order valence-electron chi connectivity index (χ0n) is 22.8. The van der Waals surface area contributed by atoms with Crippen molar-refractivity contribution in [2.24, 2.45) is 5.10 Å². The van der Waals surface area contributed by atoms with Crippen LogP contribution in [0.1, 0.15) is 18.2 Å². The molecule has 1 heterocycles. The lowest BCUT2D eigenvalue weighted by Gasteiger charge is -2.23. The summed E-state index contributed by atoms with van der Waals surface area (Å²) in [7, 11) is -4.07. The quantitative estimate of drug-likeness (QED) is 0.169. The normalized spacial score (nSPS) is 11.2. The zero-order valence-corrected chi connectivity index (χ0v) is 23.6. The molecule has 0 saturated carbocycles. The molecule has 0 aliphatic carbocycles. The van der Waals surface area contributed by atoms with E-state index in [4.69, 9.17) is 13.9 Å². The molecule has 0 bridgehead atoms. The molecule has 42 heavy (non-hydrogen) atoms. The molecular formula is C30H30N4O7S. The van der Waals surface area contributed by atoms with Gasteiger partial charge in [0, 0.05) is 0 Å². The molecule has 2 N–H and O–H groups in total. The van der Waals surface area contributed by atoms with Crippen molar-refractivity contribution in [3.05, 3.63) is 109 Å². The first-order valence-corrected chi connectivity index (χ1v) is 14.4. The van der Waals surface area contributed by atoms with Crippen LogP contribution in [0.15, 0.2) is 112 Å². The first-order chi connectivity index (χ1) is 20.3. The molecule has 4 rings (SSSR count). The number of benzene rings is 3. The average molecular weight is 591 g/mol. The number of nitrogens with zero attached hydrogens (tertiary/aromatic N) is 2. The van der Waals surface area contributed by atoms with Crippen LogP contribution in [0.25, 0.3) is 0 Å². The van der Waals surface area contributed by atoms with Gasteiger partial charge in [-0.3, -0.25) is 13.9 Å². The molecule has 0 fully saturated rings. The summed E-state index contributed by atoms with van der Waals surface area (Å²) >= 11 is 0. The monoisotopic (exact) mass is 590 g/mol. The number of anilines is 1. The molecule has 4 aromatic rings. The van der Waals surface area contributed by atoms with Gasteiger partial charge in [0.05, 0.1) is 36.2 Å². The standard InChI is InChI=1S/C30H30N4O7S/c1-2-39-25-14-16-28(17-15-25)42(37,38)34(24-7-4-3-5-8-24)21-29(35)33-32-19-23-10-12-26(13-11-23)41-22-30(36)31-20-27-9-6-18-40-27/h3-19H,2,20-22H2,1H3,(H,31,36)(H,33,35)/b32-19-. The van der Waals surface area contributed by atoms with Crippen LogP contribution in [0.5, 0.6) is 11.5 Å². The van der Waals surface area contributed by atoms with Crippen LogP contribution in [-0.4, -0.2) is 46.2 Å². The number of carbonyl (C=O) groups is 2. The van der Waals surface area contributed by atoms with Crippen molar-refractivity contribution in [2.45, 2.75) is 18.4 Å². The summed E-state index contributed by atoms with van der Waals surface area (Å²) in [5.41, 5.74) is 3.35. The lowest BCUT2D eigenvalue weighted by molar-refractivity contribution is -0.123. The van der Waals surface area contributed by atoms with Crippen LogP contribution in [0, 0.1) is 0 Å². The SMILES string of the molecule is CCOc1ccc(S(=O)(=O)N(CC(=O)N/N=C\c2ccc(OCC(=O)NCc3ccco3)cc2)c2ccccc2)cc1. The van der Waals surface area contributed by atoms with E-state index in [9.17, 15) is 18.0 Å². The maximum absolute atomic E-state index is 13.5. The molecule has 0 radical (unpaired) electrons. The molecular weight excluding hydrogens is 560 g/mol. The van der Waals surface area contributed by atoms with Crippen molar-refractivity contribution in [2.75, 3.05) is 24.1 Å². The number of hydrogen-bond acceptors (Lipinski definition) is 8. The van der Waals surface area contributed by atoms with Crippen LogP contribution < -0.4 is 24.5 Å². The fourth-order valence-corrected chi connectivity index (χ4v) is 5.13. The van der Waals surface area contributed by atoms with E-state index in [0.29, 0.717) is 35.1 Å². The van der Waals surface area contributed by atoms with Gasteiger partial charge in [-0.15, -0.1) is 0 Å². The van der Waals surface area contributed by atoms with Gasteiger partial charge in [0.15, 0.2) is 6.61 Å². The second-order valence-corrected chi connectivity index (χ2v) is 10.6. The number of furan rings is 1. The van der Waals surface area contributed by atoms with Crippen molar-refractivity contribution in [3.63, 3.8) is 0 Å². The van der Waals surface area contributed by atoms with Crippen molar-refractivity contribution >= 4 is 33.7 Å². The summed E-state index contributed by atoms with van der Waals surface area (Å²) in [6.07, 6.45) is 2.94. The molecule has 0 atom stereocenters. The summed E-state index contributed by atoms with van der Waals surface area (Å²) in [4.78, 5) is 24.7. The Morgan fingerprint density at radius 2 is 1.57 bits per heavy atom. The van der Waals surface area contributed by atoms with E-state index in [1.165, 1.54) is 24.6 Å². The van der Waals surface area contributed by atoms with Gasteiger partial charge in [-0.2, -0.15) is 5.10 Å². The van der Waals surface area contributed by atoms with E-state index in [1.807, 2.05) is 6.92 Å². The minimum absolute atomic E-state index is 0.0171. The highest BCUT2D eigenvalue weighted by Crippen LogP contribution is 2.25. The van der Waals surface area contributed by atoms with Crippen LogP contribution in [0.2, 0.25) is 0 Å². The van der Waals surface area contributed by atoms with Gasteiger partial charge in [0.2, 0.25) is 0 Å². The lowest BCUT2D eigenvalue weighted by atomic mass is 10.2. The number of ether oxygens (including phenoxy) is 2. The first-order valence-electron chi connectivity index (χ1n) is 13.0. The number of hydrazone groups is 1. The van der Waals surface area contributed by atoms with E-state index < -0.39 is 22.5 Å². The maximum atomic E-state index is 13.5. The summed E-state index contributed by atoms with van der Waals surface area (Å²) < 4.78 is 44.0. The first kappa shape index (κ1) is 29.9. The molecule has 12 heteroatoms. The van der Waals surface area contributed by atoms with E-state index in [2.05, 4.69) is 15.8 Å². The largest absolute Gasteiger partial charge is 0.494 e. The minimum Gasteiger partial charge on any atom is -0.494 e. The number of para-hydroxylation sites is 1. The van der Waals surface area contributed by atoms with Crippen LogP contribution in [0.4, 0.5) is 5.69 Å². The molecule has 3 aromatic carbocycles. The van der Waals surface area contributed by atoms with E-state index in [1.54, 1.807) is 78.9 Å². The number of sulfonamides is 1. The smallest absolute Gasteiger partial charge is 0.264 e. The van der Waals surface area contributed by atoms with Gasteiger partial charge in [-0.05, 0) is 85.3 Å². The Labute approximate surface area is 243 Å². The third-order valence-electron chi connectivity index (χ3n) is 5.75. The topological polar surface area (TPSA) is 140 Å². The highest BCUT2D eigenvalue weighted by Gasteiger charge is 2.27. The highest BCUT2D eigenvalue weighted by molar-refractivity contribution is 7.92. The Bertz CT molecular complexity index is 1570. The molecule has 0 spiro atoms. The van der Waals surface area contributed by atoms with Crippen LogP contribution in [-0.2, 0) is 26.2 Å². The van der Waals surface area contributed by atoms with Gasteiger partial charge >= 0.3 is 0 Å². The van der Waals surface area contributed by atoms with Crippen LogP contribution >= 0.6 is 0 Å². The average Bonchev–Trinajstić information content (AvgIpc) is 3.53. The van der Waals surface area contributed by atoms with Crippen molar-refractivity contribution in [1.29, 1.82) is 0 Å². The number of hydrogen-bond donors (Lipinski definition) is 2. The van der Waals surface area contributed by atoms with Gasteiger partial charge in [-0.25, -0.2) is 13.8 Å². The number of carbonyl (C=O) groups excluding carboxylic acids is 2. The zero-order chi connectivity index (χ0) is 29.8. The van der Waals surface area contributed by atoms with Crippen molar-refractivity contribution in [1.82, 2.24) is 10.7 Å². The summed E-state index contributed by atoms with van der Waals surface area (Å²) in [6, 6.07) is 24.5. The number of rotatable bonds is 14. The molecule has 0 unspecified atom stereocenters. The number of amides is 2. The van der Waals surface area contributed by atoms with Gasteiger partial charge in [0.25, 0.3) is 21.8 Å². The third kappa shape index (κ3) is 8.45. The Balaban J connectivity index is 1.32. The van der Waals surface area contributed by atoms with E-state index in [0.717, 1.165) is 4.31 Å². The Morgan fingerprint density at radius 3 is 2.24 bits per heavy atom. The molecule has 2 amide bonds. The molecule has 0 aliphatic rings. The Hall–Kier alpha value is -5.10. The van der Waals surface area contributed by atoms with Crippen molar-refractivity contribution < 1.29 is 31.9 Å². The third-order valence-corrected chi connectivity index (χ3v) is 7.53. The van der Waals surface area contributed by atoms with E-state index >= 15 is 0 Å². The Morgan fingerprint density at radius 1 is 0.881 bits per heavy atom. The molecule has 218 valence electrons. The lowest BCUT2D eigenvalue weighted by Crippen LogP contribution is -2.39. The molecule has 1 aromatic heterocycles.